The molecule has 0 unspecified atom stereocenters. The number of likely N-dealkylation sites (N-methyl/N-ethyl adjacent to an activating group) is 1. The van der Waals surface area contributed by atoms with Crippen molar-refractivity contribution in [1.82, 2.24) is 14.9 Å². The molecule has 28 heavy (non-hydrogen) atoms. The highest BCUT2D eigenvalue weighted by Gasteiger charge is 2.11. The number of aromatic nitrogens is 2. The van der Waals surface area contributed by atoms with Crippen LogP contribution in [-0.4, -0.2) is 49.2 Å². The first-order valence-corrected chi connectivity index (χ1v) is 11.3. The number of hydrogen-bond donors (Lipinski definition) is 1. The van der Waals surface area contributed by atoms with E-state index in [1.54, 1.807) is 18.2 Å². The summed E-state index contributed by atoms with van der Waals surface area (Å²) in [6, 6.07) is 13.1. The first-order valence-electron chi connectivity index (χ1n) is 9.44. The van der Waals surface area contributed by atoms with Crippen LogP contribution >= 0.6 is 0 Å². The quantitative estimate of drug-likeness (QED) is 0.624. The van der Waals surface area contributed by atoms with Crippen LogP contribution in [0.4, 0.5) is 11.5 Å². The minimum atomic E-state index is -3.29. The van der Waals surface area contributed by atoms with Crippen LogP contribution in [-0.2, 0) is 16.3 Å². The first-order chi connectivity index (χ1) is 13.4. The SMILES string of the molecule is CCN(CC)CCc1ccc(Nc2ncnc3ccc(S(C)(=O)=O)cc23)cc1. The Morgan fingerprint density at radius 1 is 1.00 bits per heavy atom. The summed E-state index contributed by atoms with van der Waals surface area (Å²) in [5, 5.41) is 3.96. The van der Waals surface area contributed by atoms with Crippen molar-refractivity contribution in [3.8, 4) is 0 Å². The molecule has 3 aromatic rings. The van der Waals surface area contributed by atoms with E-state index in [4.69, 9.17) is 0 Å². The Morgan fingerprint density at radius 3 is 2.36 bits per heavy atom. The monoisotopic (exact) mass is 398 g/mol. The second kappa shape index (κ2) is 8.67. The molecule has 0 aliphatic heterocycles. The number of hydrogen-bond acceptors (Lipinski definition) is 6. The van der Waals surface area contributed by atoms with Crippen LogP contribution in [0.25, 0.3) is 10.9 Å². The molecule has 6 nitrogen and oxygen atoms in total. The normalized spacial score (nSPS) is 11.9. The summed E-state index contributed by atoms with van der Waals surface area (Å²) in [6.07, 6.45) is 3.68. The summed E-state index contributed by atoms with van der Waals surface area (Å²) in [5.74, 6) is 0.589. The topological polar surface area (TPSA) is 75.2 Å². The molecular weight excluding hydrogens is 372 g/mol. The second-order valence-electron chi connectivity index (χ2n) is 6.77. The maximum Gasteiger partial charge on any atom is 0.175 e. The van der Waals surface area contributed by atoms with E-state index in [0.717, 1.165) is 31.7 Å². The van der Waals surface area contributed by atoms with Gasteiger partial charge in [0.2, 0.25) is 0 Å². The second-order valence-corrected chi connectivity index (χ2v) is 8.79. The van der Waals surface area contributed by atoms with Gasteiger partial charge in [-0.15, -0.1) is 0 Å². The van der Waals surface area contributed by atoms with Crippen molar-refractivity contribution >= 4 is 32.2 Å². The Labute approximate surface area is 166 Å². The molecule has 0 bridgehead atoms. The molecule has 0 aliphatic carbocycles. The molecule has 0 atom stereocenters. The fourth-order valence-electron chi connectivity index (χ4n) is 3.08. The van der Waals surface area contributed by atoms with Crippen molar-refractivity contribution in [2.24, 2.45) is 0 Å². The number of sulfone groups is 1. The molecule has 3 rings (SSSR count). The number of nitrogens with one attached hydrogen (secondary N) is 1. The predicted molar refractivity (Wildman–Crippen MR) is 114 cm³/mol. The van der Waals surface area contributed by atoms with Gasteiger partial charge in [-0.05, 0) is 55.4 Å². The van der Waals surface area contributed by atoms with Crippen LogP contribution in [0.15, 0.2) is 53.7 Å². The highest BCUT2D eigenvalue weighted by atomic mass is 32.2. The minimum Gasteiger partial charge on any atom is -0.340 e. The molecule has 0 radical (unpaired) electrons. The zero-order valence-electron chi connectivity index (χ0n) is 16.5. The Hall–Kier alpha value is -2.51. The van der Waals surface area contributed by atoms with Gasteiger partial charge in [-0.1, -0.05) is 26.0 Å². The number of nitrogens with zero attached hydrogens (tertiary/aromatic N) is 3. The van der Waals surface area contributed by atoms with E-state index in [1.807, 2.05) is 12.1 Å². The van der Waals surface area contributed by atoms with Gasteiger partial charge >= 0.3 is 0 Å². The molecule has 7 heteroatoms. The molecule has 0 saturated heterocycles. The number of benzene rings is 2. The Kier molecular flexibility index (Phi) is 6.26. The minimum absolute atomic E-state index is 0.254. The highest BCUT2D eigenvalue weighted by Crippen LogP contribution is 2.25. The summed E-state index contributed by atoms with van der Waals surface area (Å²) in [4.78, 5) is 11.2. The molecule has 0 aliphatic rings. The number of rotatable bonds is 8. The van der Waals surface area contributed by atoms with E-state index in [9.17, 15) is 8.42 Å². The molecule has 0 amide bonds. The fourth-order valence-corrected chi connectivity index (χ4v) is 3.73. The van der Waals surface area contributed by atoms with Crippen LogP contribution < -0.4 is 5.32 Å². The van der Waals surface area contributed by atoms with E-state index >= 15 is 0 Å². The van der Waals surface area contributed by atoms with Crippen molar-refractivity contribution in [3.63, 3.8) is 0 Å². The Morgan fingerprint density at radius 2 is 1.71 bits per heavy atom. The van der Waals surface area contributed by atoms with E-state index in [-0.39, 0.29) is 4.90 Å². The van der Waals surface area contributed by atoms with Crippen LogP contribution in [0.5, 0.6) is 0 Å². The summed E-state index contributed by atoms with van der Waals surface area (Å²) in [5.41, 5.74) is 2.88. The van der Waals surface area contributed by atoms with Gasteiger partial charge in [0.25, 0.3) is 0 Å². The predicted octanol–water partition coefficient (Wildman–Crippen LogP) is 3.66. The molecule has 1 N–H and O–H groups in total. The molecule has 0 saturated carbocycles. The molecule has 0 fully saturated rings. The third-order valence-corrected chi connectivity index (χ3v) is 5.97. The lowest BCUT2D eigenvalue weighted by molar-refractivity contribution is 0.308. The van der Waals surface area contributed by atoms with Crippen molar-refractivity contribution in [2.75, 3.05) is 31.2 Å². The summed E-state index contributed by atoms with van der Waals surface area (Å²) < 4.78 is 23.7. The van der Waals surface area contributed by atoms with Crippen molar-refractivity contribution in [3.05, 3.63) is 54.4 Å². The standard InChI is InChI=1S/C21H26N4O2S/c1-4-25(5-2)13-12-16-6-8-17(9-7-16)24-21-19-14-18(28(3,26)27)10-11-20(19)22-15-23-21/h6-11,14-15H,4-5,12-13H2,1-3H3,(H,22,23,24). The summed E-state index contributed by atoms with van der Waals surface area (Å²) in [7, 11) is -3.29. The average Bonchev–Trinajstić information content (AvgIpc) is 2.69. The zero-order chi connectivity index (χ0) is 20.1. The largest absolute Gasteiger partial charge is 0.340 e. The fraction of sp³-hybridized carbons (Fsp3) is 0.333. The Balaban J connectivity index is 1.80. The van der Waals surface area contributed by atoms with Crippen molar-refractivity contribution in [1.29, 1.82) is 0 Å². The maximum absolute atomic E-state index is 11.9. The summed E-state index contributed by atoms with van der Waals surface area (Å²) >= 11 is 0. The number of anilines is 2. The van der Waals surface area contributed by atoms with Gasteiger partial charge in [-0.3, -0.25) is 0 Å². The summed E-state index contributed by atoms with van der Waals surface area (Å²) in [6.45, 7) is 7.53. The van der Waals surface area contributed by atoms with Crippen LogP contribution in [0.1, 0.15) is 19.4 Å². The lowest BCUT2D eigenvalue weighted by atomic mass is 10.1. The van der Waals surface area contributed by atoms with E-state index in [0.29, 0.717) is 16.7 Å². The number of fused-ring (bicyclic) bond motifs is 1. The molecule has 2 aromatic carbocycles. The zero-order valence-corrected chi connectivity index (χ0v) is 17.3. The van der Waals surface area contributed by atoms with Gasteiger partial charge in [-0.2, -0.15) is 0 Å². The third kappa shape index (κ3) is 4.85. The molecule has 1 heterocycles. The van der Waals surface area contributed by atoms with Crippen molar-refractivity contribution in [2.45, 2.75) is 25.2 Å². The van der Waals surface area contributed by atoms with Crippen molar-refractivity contribution < 1.29 is 8.42 Å². The van der Waals surface area contributed by atoms with Crippen LogP contribution in [0.2, 0.25) is 0 Å². The maximum atomic E-state index is 11.9. The lowest BCUT2D eigenvalue weighted by Gasteiger charge is -2.17. The smallest absolute Gasteiger partial charge is 0.175 e. The third-order valence-electron chi connectivity index (χ3n) is 4.86. The lowest BCUT2D eigenvalue weighted by Crippen LogP contribution is -2.25. The molecule has 0 spiro atoms. The van der Waals surface area contributed by atoms with Crippen LogP contribution in [0.3, 0.4) is 0 Å². The van der Waals surface area contributed by atoms with Gasteiger partial charge in [0, 0.05) is 23.9 Å². The van der Waals surface area contributed by atoms with Gasteiger partial charge in [0.05, 0.1) is 10.4 Å². The van der Waals surface area contributed by atoms with Gasteiger partial charge in [-0.25, -0.2) is 18.4 Å². The van der Waals surface area contributed by atoms with Gasteiger partial charge < -0.3 is 10.2 Å². The van der Waals surface area contributed by atoms with Gasteiger partial charge in [0.1, 0.15) is 12.1 Å². The Bertz CT molecular complexity index is 1050. The van der Waals surface area contributed by atoms with Crippen LogP contribution in [0, 0.1) is 0 Å². The molecular formula is C21H26N4O2S. The average molecular weight is 399 g/mol. The molecule has 1 aromatic heterocycles. The highest BCUT2D eigenvalue weighted by molar-refractivity contribution is 7.90. The van der Waals surface area contributed by atoms with Gasteiger partial charge in [0.15, 0.2) is 9.84 Å². The van der Waals surface area contributed by atoms with E-state index in [1.165, 1.54) is 18.1 Å². The first kappa shape index (κ1) is 20.2. The van der Waals surface area contributed by atoms with E-state index in [2.05, 4.69) is 46.2 Å². The van der Waals surface area contributed by atoms with E-state index < -0.39 is 9.84 Å². The molecule has 148 valence electrons.